The number of hydrogen-bond donors (Lipinski definition) is 1. The summed E-state index contributed by atoms with van der Waals surface area (Å²) in [5.41, 5.74) is 2.81. The summed E-state index contributed by atoms with van der Waals surface area (Å²) in [6.45, 7) is 1.95. The van der Waals surface area contributed by atoms with Crippen LogP contribution in [0.4, 0.5) is 5.69 Å². The molecular formula is C24H24N2O2. The average Bonchev–Trinajstić information content (AvgIpc) is 2.73. The largest absolute Gasteiger partial charge is 0.349 e. The molecule has 0 heterocycles. The number of hydrogen-bond acceptors (Lipinski definition) is 2. The third-order valence-electron chi connectivity index (χ3n) is 4.51. The Kier molecular flexibility index (Phi) is 6.58. The van der Waals surface area contributed by atoms with Gasteiger partial charge in [0.1, 0.15) is 0 Å². The van der Waals surface area contributed by atoms with Crippen molar-refractivity contribution in [1.82, 2.24) is 5.32 Å². The topological polar surface area (TPSA) is 49.4 Å². The van der Waals surface area contributed by atoms with Crippen molar-refractivity contribution in [2.75, 3.05) is 4.90 Å². The zero-order chi connectivity index (χ0) is 19.8. The fraction of sp³-hybridized carbons (Fsp3) is 0.167. The number of carbonyl (C=O) groups is 2. The molecule has 0 aliphatic rings. The highest BCUT2D eigenvalue weighted by Gasteiger charge is 2.22. The van der Waals surface area contributed by atoms with Crippen LogP contribution >= 0.6 is 0 Å². The van der Waals surface area contributed by atoms with E-state index in [0.717, 1.165) is 16.8 Å². The summed E-state index contributed by atoms with van der Waals surface area (Å²) < 4.78 is 0. The molecule has 0 saturated carbocycles. The van der Waals surface area contributed by atoms with Crippen LogP contribution < -0.4 is 10.2 Å². The molecule has 1 atom stereocenters. The summed E-state index contributed by atoms with van der Waals surface area (Å²) in [5.74, 6) is -0.200. The lowest BCUT2D eigenvalue weighted by Gasteiger charge is -2.26. The summed E-state index contributed by atoms with van der Waals surface area (Å²) in [5, 5.41) is 2.91. The number of rotatable bonds is 7. The number of nitrogens with one attached hydrogen (secondary N) is 1. The van der Waals surface area contributed by atoms with Crippen molar-refractivity contribution >= 4 is 17.5 Å². The van der Waals surface area contributed by atoms with Gasteiger partial charge in [-0.15, -0.1) is 0 Å². The molecule has 0 saturated heterocycles. The highest BCUT2D eigenvalue weighted by molar-refractivity contribution is 5.94. The van der Waals surface area contributed by atoms with Crippen molar-refractivity contribution in [2.24, 2.45) is 0 Å². The van der Waals surface area contributed by atoms with Crippen LogP contribution in [0.2, 0.25) is 0 Å². The van der Waals surface area contributed by atoms with Crippen molar-refractivity contribution in [1.29, 1.82) is 0 Å². The first-order valence-corrected chi connectivity index (χ1v) is 9.35. The molecule has 0 bridgehead atoms. The van der Waals surface area contributed by atoms with E-state index in [-0.39, 0.29) is 24.3 Å². The molecule has 4 nitrogen and oxygen atoms in total. The fourth-order valence-electron chi connectivity index (χ4n) is 3.17. The molecule has 1 unspecified atom stereocenters. The predicted molar refractivity (Wildman–Crippen MR) is 112 cm³/mol. The van der Waals surface area contributed by atoms with E-state index in [1.165, 1.54) is 6.92 Å². The molecule has 3 aromatic rings. The van der Waals surface area contributed by atoms with Gasteiger partial charge >= 0.3 is 0 Å². The third kappa shape index (κ3) is 5.30. The van der Waals surface area contributed by atoms with Gasteiger partial charge in [0.25, 0.3) is 0 Å². The molecule has 0 aromatic heterocycles. The monoisotopic (exact) mass is 372 g/mol. The van der Waals surface area contributed by atoms with Gasteiger partial charge in [0.15, 0.2) is 0 Å². The summed E-state index contributed by atoms with van der Waals surface area (Å²) in [4.78, 5) is 26.8. The second kappa shape index (κ2) is 9.51. The van der Waals surface area contributed by atoms with Gasteiger partial charge in [-0.1, -0.05) is 78.9 Å². The Morgan fingerprint density at radius 3 is 1.93 bits per heavy atom. The van der Waals surface area contributed by atoms with Crippen molar-refractivity contribution < 1.29 is 9.59 Å². The van der Waals surface area contributed by atoms with Crippen LogP contribution in [0.5, 0.6) is 0 Å². The molecule has 28 heavy (non-hydrogen) atoms. The Labute approximate surface area is 165 Å². The minimum Gasteiger partial charge on any atom is -0.349 e. The van der Waals surface area contributed by atoms with Crippen LogP contribution in [0.15, 0.2) is 91.0 Å². The van der Waals surface area contributed by atoms with E-state index in [2.05, 4.69) is 5.32 Å². The van der Waals surface area contributed by atoms with Crippen molar-refractivity contribution in [2.45, 2.75) is 25.9 Å². The van der Waals surface area contributed by atoms with Crippen molar-refractivity contribution in [3.63, 3.8) is 0 Å². The van der Waals surface area contributed by atoms with Crippen LogP contribution in [-0.2, 0) is 16.1 Å². The lowest BCUT2D eigenvalue weighted by atomic mass is 10.0. The Morgan fingerprint density at radius 2 is 1.36 bits per heavy atom. The molecule has 0 fully saturated rings. The quantitative estimate of drug-likeness (QED) is 0.664. The van der Waals surface area contributed by atoms with Crippen LogP contribution in [-0.4, -0.2) is 11.8 Å². The second-order valence-electron chi connectivity index (χ2n) is 6.67. The number of amides is 2. The van der Waals surface area contributed by atoms with Crippen LogP contribution in [0, 0.1) is 0 Å². The summed E-state index contributed by atoms with van der Waals surface area (Å²) in [6.07, 6.45) is 0.186. The lowest BCUT2D eigenvalue weighted by molar-refractivity contribution is -0.121. The minimum absolute atomic E-state index is 0.0438. The fourth-order valence-corrected chi connectivity index (χ4v) is 3.17. The van der Waals surface area contributed by atoms with E-state index in [0.29, 0.717) is 6.54 Å². The van der Waals surface area contributed by atoms with Crippen LogP contribution in [0.25, 0.3) is 0 Å². The first kappa shape index (κ1) is 19.4. The van der Waals surface area contributed by atoms with Gasteiger partial charge in [-0.05, 0) is 23.3 Å². The van der Waals surface area contributed by atoms with Crippen molar-refractivity contribution in [3.05, 3.63) is 102 Å². The highest BCUT2D eigenvalue weighted by Crippen LogP contribution is 2.23. The normalized spacial score (nSPS) is 11.5. The van der Waals surface area contributed by atoms with E-state index in [1.807, 2.05) is 91.0 Å². The van der Waals surface area contributed by atoms with Gasteiger partial charge in [-0.3, -0.25) is 9.59 Å². The zero-order valence-corrected chi connectivity index (χ0v) is 15.9. The van der Waals surface area contributed by atoms with Crippen molar-refractivity contribution in [3.8, 4) is 0 Å². The molecule has 1 N–H and O–H groups in total. The number of benzene rings is 3. The second-order valence-corrected chi connectivity index (χ2v) is 6.67. The Bertz CT molecular complexity index is 896. The number of anilines is 1. The molecule has 0 aliphatic heterocycles. The van der Waals surface area contributed by atoms with E-state index in [1.54, 1.807) is 4.90 Å². The molecular weight excluding hydrogens is 348 g/mol. The molecule has 0 aliphatic carbocycles. The summed E-state index contributed by atoms with van der Waals surface area (Å²) in [7, 11) is 0. The SMILES string of the molecule is CC(=O)NC(CC(=O)N(Cc1ccccc1)c1ccccc1)c1ccccc1. The van der Waals surface area contributed by atoms with Gasteiger partial charge in [-0.25, -0.2) is 0 Å². The lowest BCUT2D eigenvalue weighted by Crippen LogP contribution is -2.35. The average molecular weight is 372 g/mol. The molecule has 4 heteroatoms. The maximum absolute atomic E-state index is 13.3. The highest BCUT2D eigenvalue weighted by atomic mass is 16.2. The van der Waals surface area contributed by atoms with Gasteiger partial charge in [0.2, 0.25) is 11.8 Å². The van der Waals surface area contributed by atoms with E-state index < -0.39 is 0 Å². The van der Waals surface area contributed by atoms with Gasteiger partial charge < -0.3 is 10.2 Å². The minimum atomic E-state index is -0.367. The third-order valence-corrected chi connectivity index (χ3v) is 4.51. The molecule has 3 aromatic carbocycles. The molecule has 142 valence electrons. The predicted octanol–water partition coefficient (Wildman–Crippen LogP) is 4.49. The first-order chi connectivity index (χ1) is 13.6. The first-order valence-electron chi connectivity index (χ1n) is 9.35. The van der Waals surface area contributed by atoms with Gasteiger partial charge in [0, 0.05) is 12.6 Å². The smallest absolute Gasteiger partial charge is 0.229 e. The summed E-state index contributed by atoms with van der Waals surface area (Å²) in [6, 6.07) is 28.8. The molecule has 2 amide bonds. The maximum atomic E-state index is 13.3. The van der Waals surface area contributed by atoms with E-state index in [4.69, 9.17) is 0 Å². The standard InChI is InChI=1S/C24H24N2O2/c1-19(27)25-23(21-13-7-3-8-14-21)17-24(28)26(22-15-9-4-10-16-22)18-20-11-5-2-6-12-20/h2-16,23H,17-18H2,1H3,(H,25,27). The summed E-state index contributed by atoms with van der Waals surface area (Å²) >= 11 is 0. The maximum Gasteiger partial charge on any atom is 0.229 e. The van der Waals surface area contributed by atoms with Crippen LogP contribution in [0.3, 0.4) is 0 Å². The number of nitrogens with zero attached hydrogens (tertiary/aromatic N) is 1. The van der Waals surface area contributed by atoms with Gasteiger partial charge in [-0.2, -0.15) is 0 Å². The van der Waals surface area contributed by atoms with E-state index >= 15 is 0 Å². The molecule has 0 spiro atoms. The molecule has 3 rings (SSSR count). The number of para-hydroxylation sites is 1. The number of carbonyl (C=O) groups excluding carboxylic acids is 2. The molecule has 0 radical (unpaired) electrons. The van der Waals surface area contributed by atoms with Crippen LogP contribution in [0.1, 0.15) is 30.5 Å². The van der Waals surface area contributed by atoms with Gasteiger partial charge in [0.05, 0.1) is 19.0 Å². The Balaban J connectivity index is 1.86. The Hall–Kier alpha value is -3.40. The Morgan fingerprint density at radius 1 is 0.821 bits per heavy atom. The van der Waals surface area contributed by atoms with E-state index in [9.17, 15) is 9.59 Å². The zero-order valence-electron chi connectivity index (χ0n) is 15.9.